The molecule has 136 valence electrons. The van der Waals surface area contributed by atoms with Gasteiger partial charge in [-0.3, -0.25) is 9.88 Å². The standard InChI is InChI=1S/C23H28N2O/c1-18(2)15-23(22-9-5-4-7-19(22)3)26-21-10-13-25(14-11-21)17-20-8-6-12-24-16-20/h4-9,12,15-16,21H,1,10-11,13-14,17H2,2-3H3/b23-15+. The summed E-state index contributed by atoms with van der Waals surface area (Å²) in [5, 5.41) is 0. The van der Waals surface area contributed by atoms with E-state index >= 15 is 0 Å². The first-order valence-electron chi connectivity index (χ1n) is 9.33. The van der Waals surface area contributed by atoms with Gasteiger partial charge in [0.05, 0.1) is 0 Å². The van der Waals surface area contributed by atoms with Crippen LogP contribution in [0.5, 0.6) is 0 Å². The highest BCUT2D eigenvalue weighted by molar-refractivity contribution is 5.65. The van der Waals surface area contributed by atoms with Gasteiger partial charge >= 0.3 is 0 Å². The average molecular weight is 348 g/mol. The number of rotatable bonds is 6. The first-order chi connectivity index (χ1) is 12.6. The van der Waals surface area contributed by atoms with Crippen molar-refractivity contribution < 1.29 is 4.74 Å². The molecule has 1 saturated heterocycles. The molecular weight excluding hydrogens is 320 g/mol. The molecule has 1 aromatic heterocycles. The van der Waals surface area contributed by atoms with Gasteiger partial charge in [0.1, 0.15) is 11.9 Å². The van der Waals surface area contributed by atoms with Gasteiger partial charge in [-0.05, 0) is 50.0 Å². The molecule has 0 atom stereocenters. The summed E-state index contributed by atoms with van der Waals surface area (Å²) >= 11 is 0. The summed E-state index contributed by atoms with van der Waals surface area (Å²) in [7, 11) is 0. The summed E-state index contributed by atoms with van der Waals surface area (Å²) in [4.78, 5) is 6.69. The van der Waals surface area contributed by atoms with Crippen LogP contribution in [0.15, 0.2) is 67.0 Å². The van der Waals surface area contributed by atoms with Crippen molar-refractivity contribution in [2.45, 2.75) is 39.3 Å². The predicted molar refractivity (Wildman–Crippen MR) is 108 cm³/mol. The summed E-state index contributed by atoms with van der Waals surface area (Å²) in [5.74, 6) is 0.946. The molecule has 1 fully saturated rings. The molecule has 1 aliphatic heterocycles. The summed E-state index contributed by atoms with van der Waals surface area (Å²) in [5.41, 5.74) is 4.68. The third-order valence-electron chi connectivity index (χ3n) is 4.75. The molecule has 1 aliphatic rings. The topological polar surface area (TPSA) is 25.4 Å². The molecule has 3 nitrogen and oxygen atoms in total. The Morgan fingerprint density at radius 3 is 2.65 bits per heavy atom. The Kier molecular flexibility index (Phi) is 6.24. The number of aromatic nitrogens is 1. The Bertz CT molecular complexity index is 759. The molecule has 0 radical (unpaired) electrons. The van der Waals surface area contributed by atoms with Crippen LogP contribution in [0.25, 0.3) is 5.76 Å². The minimum absolute atomic E-state index is 0.255. The highest BCUT2D eigenvalue weighted by atomic mass is 16.5. The number of piperidine rings is 1. The van der Waals surface area contributed by atoms with Crippen molar-refractivity contribution in [3.8, 4) is 0 Å². The first kappa shape index (κ1) is 18.4. The molecule has 3 heteroatoms. The Balaban J connectivity index is 1.61. The van der Waals surface area contributed by atoms with E-state index in [-0.39, 0.29) is 6.10 Å². The molecule has 26 heavy (non-hydrogen) atoms. The van der Waals surface area contributed by atoms with Gasteiger partial charge in [0, 0.05) is 37.6 Å². The average Bonchev–Trinajstić information content (AvgIpc) is 2.64. The fourth-order valence-corrected chi connectivity index (χ4v) is 3.36. The maximum Gasteiger partial charge on any atom is 0.127 e. The Hall–Kier alpha value is -2.39. The second-order valence-corrected chi connectivity index (χ2v) is 7.12. The van der Waals surface area contributed by atoms with E-state index in [2.05, 4.69) is 59.8 Å². The van der Waals surface area contributed by atoms with Crippen molar-refractivity contribution >= 4 is 5.76 Å². The summed E-state index contributed by atoms with van der Waals surface area (Å²) in [6.45, 7) is 11.2. The molecule has 0 saturated carbocycles. The van der Waals surface area contributed by atoms with Gasteiger partial charge in [-0.1, -0.05) is 42.5 Å². The normalized spacial score (nSPS) is 16.5. The fourth-order valence-electron chi connectivity index (χ4n) is 3.36. The number of pyridine rings is 1. The smallest absolute Gasteiger partial charge is 0.127 e. The highest BCUT2D eigenvalue weighted by Gasteiger charge is 2.22. The molecule has 3 rings (SSSR count). The number of hydrogen-bond acceptors (Lipinski definition) is 3. The molecule has 2 aromatic rings. The largest absolute Gasteiger partial charge is 0.490 e. The zero-order valence-electron chi connectivity index (χ0n) is 15.8. The maximum atomic E-state index is 6.43. The van der Waals surface area contributed by atoms with Crippen LogP contribution in [0, 0.1) is 6.92 Å². The third-order valence-corrected chi connectivity index (χ3v) is 4.75. The Labute approximate surface area is 157 Å². The van der Waals surface area contributed by atoms with Crippen LogP contribution in [-0.2, 0) is 11.3 Å². The zero-order valence-corrected chi connectivity index (χ0v) is 15.8. The van der Waals surface area contributed by atoms with Crippen LogP contribution in [0.1, 0.15) is 36.5 Å². The van der Waals surface area contributed by atoms with Crippen molar-refractivity contribution in [3.05, 3.63) is 83.7 Å². The van der Waals surface area contributed by atoms with Gasteiger partial charge < -0.3 is 4.74 Å². The lowest BCUT2D eigenvalue weighted by atomic mass is 10.0. The molecular formula is C23H28N2O. The second kappa shape index (κ2) is 8.81. The van der Waals surface area contributed by atoms with Crippen molar-refractivity contribution in [2.24, 2.45) is 0 Å². The van der Waals surface area contributed by atoms with Crippen molar-refractivity contribution in [2.75, 3.05) is 13.1 Å². The van der Waals surface area contributed by atoms with Gasteiger partial charge in [-0.15, -0.1) is 0 Å². The van der Waals surface area contributed by atoms with E-state index in [1.165, 1.54) is 11.1 Å². The van der Waals surface area contributed by atoms with Crippen molar-refractivity contribution in [1.29, 1.82) is 0 Å². The number of allylic oxidation sites excluding steroid dienone is 2. The minimum atomic E-state index is 0.255. The lowest BCUT2D eigenvalue weighted by Crippen LogP contribution is -2.36. The Morgan fingerprint density at radius 1 is 1.23 bits per heavy atom. The van der Waals surface area contributed by atoms with E-state index in [0.717, 1.165) is 49.4 Å². The van der Waals surface area contributed by atoms with E-state index in [0.29, 0.717) is 0 Å². The molecule has 2 heterocycles. The van der Waals surface area contributed by atoms with Gasteiger partial charge in [-0.2, -0.15) is 0 Å². The second-order valence-electron chi connectivity index (χ2n) is 7.12. The quantitative estimate of drug-likeness (QED) is 0.543. The first-order valence-corrected chi connectivity index (χ1v) is 9.33. The van der Waals surface area contributed by atoms with Crippen LogP contribution in [0.4, 0.5) is 0 Å². The number of benzene rings is 1. The number of aryl methyl sites for hydroxylation is 1. The maximum absolute atomic E-state index is 6.43. The molecule has 0 aliphatic carbocycles. The summed E-state index contributed by atoms with van der Waals surface area (Å²) in [6, 6.07) is 12.5. The molecule has 0 N–H and O–H groups in total. The molecule has 0 amide bonds. The summed E-state index contributed by atoms with van der Waals surface area (Å²) < 4.78 is 6.43. The molecule has 0 spiro atoms. The number of nitrogens with zero attached hydrogens (tertiary/aromatic N) is 2. The SMILES string of the molecule is C=C(C)/C=C(/OC1CCN(Cc2cccnc2)CC1)c1ccccc1C. The number of hydrogen-bond donors (Lipinski definition) is 0. The van der Waals surface area contributed by atoms with Gasteiger partial charge in [0.2, 0.25) is 0 Å². The molecule has 0 unspecified atom stereocenters. The fraction of sp³-hybridized carbons (Fsp3) is 0.348. The molecule has 1 aromatic carbocycles. The molecule has 0 bridgehead atoms. The minimum Gasteiger partial charge on any atom is -0.490 e. The van der Waals surface area contributed by atoms with Crippen molar-refractivity contribution in [1.82, 2.24) is 9.88 Å². The Morgan fingerprint density at radius 2 is 2.00 bits per heavy atom. The van der Waals surface area contributed by atoms with Gasteiger partial charge in [0.15, 0.2) is 0 Å². The number of likely N-dealkylation sites (tertiary alicyclic amines) is 1. The van der Waals surface area contributed by atoms with Crippen LogP contribution in [-0.4, -0.2) is 29.1 Å². The van der Waals surface area contributed by atoms with E-state index in [1.54, 1.807) is 0 Å². The van der Waals surface area contributed by atoms with Crippen molar-refractivity contribution in [3.63, 3.8) is 0 Å². The van der Waals surface area contributed by atoms with E-state index in [1.807, 2.05) is 25.4 Å². The van der Waals surface area contributed by atoms with E-state index in [4.69, 9.17) is 4.74 Å². The van der Waals surface area contributed by atoms with Gasteiger partial charge in [0.25, 0.3) is 0 Å². The zero-order chi connectivity index (χ0) is 18.4. The lowest BCUT2D eigenvalue weighted by molar-refractivity contribution is 0.0770. The summed E-state index contributed by atoms with van der Waals surface area (Å²) in [6.07, 6.45) is 8.17. The predicted octanol–water partition coefficient (Wildman–Crippen LogP) is 4.99. The van der Waals surface area contributed by atoms with Crippen LogP contribution in [0.2, 0.25) is 0 Å². The van der Waals surface area contributed by atoms with Crippen LogP contribution in [0.3, 0.4) is 0 Å². The van der Waals surface area contributed by atoms with E-state index in [9.17, 15) is 0 Å². The lowest BCUT2D eigenvalue weighted by Gasteiger charge is -2.33. The van der Waals surface area contributed by atoms with Crippen LogP contribution < -0.4 is 0 Å². The highest BCUT2D eigenvalue weighted by Crippen LogP contribution is 2.26. The van der Waals surface area contributed by atoms with Crippen LogP contribution >= 0.6 is 0 Å². The van der Waals surface area contributed by atoms with Gasteiger partial charge in [-0.25, -0.2) is 0 Å². The number of ether oxygens (including phenoxy) is 1. The third kappa shape index (κ3) is 5.06. The monoisotopic (exact) mass is 348 g/mol. The van der Waals surface area contributed by atoms with E-state index < -0.39 is 0 Å².